The fraction of sp³-hybridized carbons (Fsp3) is 0.667. The number of hydrogen-bond acceptors (Lipinski definition) is 9. The Kier molecular flexibility index (Phi) is 8.76. The average Bonchev–Trinajstić information content (AvgIpc) is 2.80. The molecule has 1 aromatic carbocycles. The molecule has 0 bridgehead atoms. The van der Waals surface area contributed by atoms with Gasteiger partial charge in [-0.15, -0.1) is 0 Å². The summed E-state index contributed by atoms with van der Waals surface area (Å²) in [5.74, 6) is -0.584. The second kappa shape index (κ2) is 11.6. The fourth-order valence-electron chi connectivity index (χ4n) is 4.05. The highest BCUT2D eigenvalue weighted by Crippen LogP contribution is 2.46. The lowest BCUT2D eigenvalue weighted by Crippen LogP contribution is -2.36. The Balaban J connectivity index is 1.76. The zero-order valence-electron chi connectivity index (χ0n) is 20.9. The minimum absolute atomic E-state index is 0.00675. The van der Waals surface area contributed by atoms with Crippen molar-refractivity contribution in [3.05, 3.63) is 21.7 Å². The maximum Gasteiger partial charge on any atom is 0.412 e. The normalized spacial score (nSPS) is 16.5. The van der Waals surface area contributed by atoms with E-state index in [0.717, 1.165) is 45.0 Å². The van der Waals surface area contributed by atoms with Gasteiger partial charge in [-0.05, 0) is 65.6 Å². The van der Waals surface area contributed by atoms with Crippen molar-refractivity contribution in [3.8, 4) is 11.5 Å². The molecular weight excluding hydrogens is 458 g/mol. The van der Waals surface area contributed by atoms with Crippen molar-refractivity contribution < 1.29 is 33.5 Å². The number of nitro benzene ring substituents is 1. The molecule has 0 radical (unpaired) electrons. The van der Waals surface area contributed by atoms with Crippen LogP contribution in [0.5, 0.6) is 11.5 Å². The summed E-state index contributed by atoms with van der Waals surface area (Å²) in [6.07, 6.45) is 3.29. The van der Waals surface area contributed by atoms with Gasteiger partial charge in [0.1, 0.15) is 24.4 Å². The Morgan fingerprint density at radius 1 is 1.20 bits per heavy atom. The van der Waals surface area contributed by atoms with E-state index in [1.807, 2.05) is 0 Å². The molecule has 194 valence electrons. The number of carbonyl (C=O) groups excluding carboxylic acids is 2. The number of rotatable bonds is 8. The van der Waals surface area contributed by atoms with Crippen LogP contribution >= 0.6 is 0 Å². The van der Waals surface area contributed by atoms with E-state index >= 15 is 0 Å². The smallest absolute Gasteiger partial charge is 0.412 e. The number of nitrogens with zero attached hydrogens (tertiary/aromatic N) is 2. The summed E-state index contributed by atoms with van der Waals surface area (Å²) in [5, 5.41) is 14.2. The number of unbranched alkanes of at least 4 members (excludes halogenated alkanes) is 1. The highest BCUT2D eigenvalue weighted by molar-refractivity contribution is 6.00. The van der Waals surface area contributed by atoms with Crippen LogP contribution in [-0.2, 0) is 9.47 Å². The molecule has 1 N–H and O–H groups in total. The molecule has 1 aromatic rings. The second-order valence-corrected chi connectivity index (χ2v) is 9.79. The molecule has 0 unspecified atom stereocenters. The molecule has 0 aromatic heterocycles. The third-order valence-corrected chi connectivity index (χ3v) is 5.82. The molecule has 2 heterocycles. The van der Waals surface area contributed by atoms with Crippen LogP contribution < -0.4 is 14.8 Å². The number of nitrogens with one attached hydrogen (secondary N) is 1. The van der Waals surface area contributed by atoms with Gasteiger partial charge in [-0.3, -0.25) is 15.4 Å². The molecule has 11 nitrogen and oxygen atoms in total. The maximum absolute atomic E-state index is 13.0. The number of benzene rings is 1. The van der Waals surface area contributed by atoms with Gasteiger partial charge < -0.3 is 23.8 Å². The maximum atomic E-state index is 13.0. The first-order chi connectivity index (χ1) is 16.6. The van der Waals surface area contributed by atoms with Crippen LogP contribution in [0.1, 0.15) is 63.7 Å². The Morgan fingerprint density at radius 2 is 1.86 bits per heavy atom. The average molecular weight is 494 g/mol. The van der Waals surface area contributed by atoms with E-state index < -0.39 is 28.3 Å². The summed E-state index contributed by atoms with van der Waals surface area (Å²) in [6.45, 7) is 10.7. The molecule has 2 aliphatic rings. The summed E-state index contributed by atoms with van der Waals surface area (Å²) >= 11 is 0. The van der Waals surface area contributed by atoms with Gasteiger partial charge in [0.2, 0.25) is 0 Å². The third kappa shape index (κ3) is 7.20. The Morgan fingerprint density at radius 3 is 2.46 bits per heavy atom. The minimum atomic E-state index is -0.891. The van der Waals surface area contributed by atoms with Gasteiger partial charge >= 0.3 is 12.1 Å². The number of nitro groups is 1. The van der Waals surface area contributed by atoms with E-state index in [-0.39, 0.29) is 48.5 Å². The van der Waals surface area contributed by atoms with Gasteiger partial charge in [-0.2, -0.15) is 0 Å². The lowest BCUT2D eigenvalue weighted by atomic mass is 9.97. The molecule has 0 aliphatic carbocycles. The summed E-state index contributed by atoms with van der Waals surface area (Å²) in [6, 6.07) is 1.05. The first-order valence-corrected chi connectivity index (χ1v) is 12.1. The number of ether oxygens (including phenoxy) is 4. The predicted molar refractivity (Wildman–Crippen MR) is 128 cm³/mol. The standard InChI is InChI=1S/C24H35N3O8/c1-5-6-9-26-10-7-16(8-11-26)15-34-22(28)17-14-18(27(30)31)19(21-20(17)32-12-13-33-21)25-23(29)35-24(2,3)4/h14,16H,5-13,15H2,1-4H3,(H,25,29). The number of fused-ring (bicyclic) bond motifs is 1. The lowest BCUT2D eigenvalue weighted by molar-refractivity contribution is -0.384. The topological polar surface area (TPSA) is 129 Å². The molecule has 1 amide bonds. The Hall–Kier alpha value is -3.08. The number of esters is 1. The van der Waals surface area contributed by atoms with Crippen LogP contribution in [0, 0.1) is 16.0 Å². The molecule has 1 saturated heterocycles. The SMILES string of the molecule is CCCCN1CCC(COC(=O)c2cc([N+](=O)[O-])c(NC(=O)OC(C)(C)C)c3c2OCCO3)CC1. The summed E-state index contributed by atoms with van der Waals surface area (Å²) in [4.78, 5) is 38.8. The zero-order valence-corrected chi connectivity index (χ0v) is 20.9. The molecular formula is C24H35N3O8. The highest BCUT2D eigenvalue weighted by atomic mass is 16.6. The number of hydrogen-bond donors (Lipinski definition) is 1. The van der Waals surface area contributed by atoms with Gasteiger partial charge in [-0.1, -0.05) is 13.3 Å². The van der Waals surface area contributed by atoms with Gasteiger partial charge in [0, 0.05) is 6.07 Å². The third-order valence-electron chi connectivity index (χ3n) is 5.82. The van der Waals surface area contributed by atoms with Crippen molar-refractivity contribution in [2.45, 2.75) is 59.0 Å². The summed E-state index contributed by atoms with van der Waals surface area (Å²) < 4.78 is 22.0. The van der Waals surface area contributed by atoms with E-state index in [0.29, 0.717) is 0 Å². The van der Waals surface area contributed by atoms with Crippen LogP contribution in [0.3, 0.4) is 0 Å². The second-order valence-electron chi connectivity index (χ2n) is 9.79. The van der Waals surface area contributed by atoms with E-state index in [9.17, 15) is 19.7 Å². The Labute approximate surface area is 205 Å². The fourth-order valence-corrected chi connectivity index (χ4v) is 4.05. The van der Waals surface area contributed by atoms with Crippen molar-refractivity contribution >= 4 is 23.4 Å². The summed E-state index contributed by atoms with van der Waals surface area (Å²) in [5.41, 5.74) is -1.67. The van der Waals surface area contributed by atoms with Crippen LogP contribution in [0.25, 0.3) is 0 Å². The van der Waals surface area contributed by atoms with Gasteiger partial charge in [0.25, 0.3) is 5.69 Å². The van der Waals surface area contributed by atoms with Crippen molar-refractivity contribution in [1.82, 2.24) is 4.90 Å². The van der Waals surface area contributed by atoms with E-state index in [4.69, 9.17) is 18.9 Å². The number of carbonyl (C=O) groups is 2. The van der Waals surface area contributed by atoms with Crippen molar-refractivity contribution in [2.75, 3.05) is 44.8 Å². The van der Waals surface area contributed by atoms with Crippen LogP contribution in [0.2, 0.25) is 0 Å². The van der Waals surface area contributed by atoms with E-state index in [2.05, 4.69) is 17.1 Å². The number of likely N-dealkylation sites (tertiary alicyclic amines) is 1. The van der Waals surface area contributed by atoms with Crippen molar-refractivity contribution in [3.63, 3.8) is 0 Å². The largest absolute Gasteiger partial charge is 0.485 e. The monoisotopic (exact) mass is 493 g/mol. The van der Waals surface area contributed by atoms with Gasteiger partial charge in [0.05, 0.1) is 11.5 Å². The first-order valence-electron chi connectivity index (χ1n) is 12.1. The van der Waals surface area contributed by atoms with Crippen molar-refractivity contribution in [2.24, 2.45) is 5.92 Å². The molecule has 11 heteroatoms. The quantitative estimate of drug-likeness (QED) is 0.318. The predicted octanol–water partition coefficient (Wildman–Crippen LogP) is 4.38. The minimum Gasteiger partial charge on any atom is -0.485 e. The van der Waals surface area contributed by atoms with E-state index in [1.165, 1.54) is 6.42 Å². The zero-order chi connectivity index (χ0) is 25.6. The molecule has 1 fully saturated rings. The molecule has 0 saturated carbocycles. The molecule has 3 rings (SSSR count). The molecule has 0 spiro atoms. The summed E-state index contributed by atoms with van der Waals surface area (Å²) in [7, 11) is 0. The number of amides is 1. The Bertz CT molecular complexity index is 936. The van der Waals surface area contributed by atoms with Crippen molar-refractivity contribution in [1.29, 1.82) is 0 Å². The highest BCUT2D eigenvalue weighted by Gasteiger charge is 2.34. The number of piperidine rings is 1. The van der Waals surface area contributed by atoms with Crippen LogP contribution in [-0.4, -0.2) is 66.9 Å². The van der Waals surface area contributed by atoms with Crippen LogP contribution in [0.4, 0.5) is 16.2 Å². The van der Waals surface area contributed by atoms with Gasteiger partial charge in [0.15, 0.2) is 17.2 Å². The molecule has 35 heavy (non-hydrogen) atoms. The lowest BCUT2D eigenvalue weighted by Gasteiger charge is -2.31. The van der Waals surface area contributed by atoms with Gasteiger partial charge in [-0.25, -0.2) is 9.59 Å². The molecule has 2 aliphatic heterocycles. The first kappa shape index (κ1) is 26.5. The number of anilines is 1. The van der Waals surface area contributed by atoms with E-state index in [1.54, 1.807) is 20.8 Å². The van der Waals surface area contributed by atoms with Crippen LogP contribution in [0.15, 0.2) is 6.07 Å². The molecule has 0 atom stereocenters.